The van der Waals surface area contributed by atoms with Gasteiger partial charge >= 0.3 is 5.97 Å². The quantitative estimate of drug-likeness (QED) is 0.456. The van der Waals surface area contributed by atoms with E-state index in [1.54, 1.807) is 0 Å². The van der Waals surface area contributed by atoms with Crippen LogP contribution < -0.4 is 0 Å². The maximum atomic E-state index is 13.7. The van der Waals surface area contributed by atoms with Crippen molar-refractivity contribution in [1.29, 1.82) is 0 Å². The van der Waals surface area contributed by atoms with Crippen LogP contribution in [0.4, 0.5) is 4.39 Å². The monoisotopic (exact) mass is 333 g/mol. The molecule has 2 aromatic rings. The van der Waals surface area contributed by atoms with Crippen molar-refractivity contribution in [2.45, 2.75) is 0 Å². The van der Waals surface area contributed by atoms with E-state index in [-0.39, 0.29) is 26.3 Å². The van der Waals surface area contributed by atoms with Gasteiger partial charge in [0, 0.05) is 5.56 Å². The fourth-order valence-electron chi connectivity index (χ4n) is 1.56. The summed E-state index contributed by atoms with van der Waals surface area (Å²) in [6.45, 7) is 0. The molecule has 0 aliphatic heterocycles. The fraction of sp³-hybridized carbons (Fsp3) is 0.0769. The summed E-state index contributed by atoms with van der Waals surface area (Å²) in [7, 11) is 1.16. The molecule has 0 aliphatic rings. The van der Waals surface area contributed by atoms with Crippen molar-refractivity contribution in [3.8, 4) is 11.3 Å². The number of esters is 1. The zero-order valence-electron chi connectivity index (χ0n) is 10.1. The van der Waals surface area contributed by atoms with Gasteiger partial charge in [-0.3, -0.25) is 0 Å². The molecule has 104 valence electrons. The molecular weight excluding hydrogens is 328 g/mol. The normalized spacial score (nSPS) is 10.4. The molecular formula is C13H7Cl3FNO2. The third kappa shape index (κ3) is 2.87. The van der Waals surface area contributed by atoms with Crippen LogP contribution in [0.25, 0.3) is 11.3 Å². The van der Waals surface area contributed by atoms with Crippen LogP contribution in [0.2, 0.25) is 15.1 Å². The summed E-state index contributed by atoms with van der Waals surface area (Å²) < 4.78 is 18.2. The number of pyridine rings is 1. The number of hydrogen-bond donors (Lipinski definition) is 0. The van der Waals surface area contributed by atoms with E-state index < -0.39 is 11.9 Å². The molecule has 0 radical (unpaired) electrons. The second-order valence-electron chi connectivity index (χ2n) is 3.78. The Bertz CT molecular complexity index is 668. The Morgan fingerprint density at radius 2 is 1.80 bits per heavy atom. The number of hydrogen-bond acceptors (Lipinski definition) is 3. The van der Waals surface area contributed by atoms with E-state index in [1.165, 1.54) is 24.3 Å². The van der Waals surface area contributed by atoms with Gasteiger partial charge in [-0.2, -0.15) is 4.39 Å². The summed E-state index contributed by atoms with van der Waals surface area (Å²) in [6, 6.07) is 5.76. The predicted molar refractivity (Wildman–Crippen MR) is 76.0 cm³/mol. The van der Waals surface area contributed by atoms with Crippen LogP contribution in [0.1, 0.15) is 10.4 Å². The van der Waals surface area contributed by atoms with Crippen molar-refractivity contribution in [3.05, 3.63) is 50.8 Å². The number of rotatable bonds is 2. The van der Waals surface area contributed by atoms with Crippen molar-refractivity contribution in [2.24, 2.45) is 0 Å². The highest BCUT2D eigenvalue weighted by molar-refractivity contribution is 6.48. The second-order valence-corrected chi connectivity index (χ2v) is 4.97. The first-order valence-electron chi connectivity index (χ1n) is 5.34. The van der Waals surface area contributed by atoms with E-state index in [9.17, 15) is 9.18 Å². The second kappa shape index (κ2) is 5.95. The average Bonchev–Trinajstić information content (AvgIpc) is 2.43. The van der Waals surface area contributed by atoms with Gasteiger partial charge in [0.15, 0.2) is 0 Å². The molecule has 1 aromatic carbocycles. The van der Waals surface area contributed by atoms with E-state index in [4.69, 9.17) is 34.8 Å². The zero-order valence-corrected chi connectivity index (χ0v) is 12.4. The molecule has 0 spiro atoms. The average molecular weight is 335 g/mol. The van der Waals surface area contributed by atoms with Gasteiger partial charge in [-0.1, -0.05) is 34.8 Å². The van der Waals surface area contributed by atoms with Gasteiger partial charge in [-0.05, 0) is 24.3 Å². The first-order chi connectivity index (χ1) is 9.43. The van der Waals surface area contributed by atoms with Gasteiger partial charge in [-0.15, -0.1) is 0 Å². The molecule has 0 fully saturated rings. The van der Waals surface area contributed by atoms with Gasteiger partial charge in [-0.25, -0.2) is 9.78 Å². The minimum atomic E-state index is -0.934. The molecule has 0 amide bonds. The maximum absolute atomic E-state index is 13.7. The molecule has 7 heteroatoms. The number of aromatic nitrogens is 1. The molecule has 0 N–H and O–H groups in total. The number of ether oxygens (including phenoxy) is 1. The van der Waals surface area contributed by atoms with Crippen LogP contribution in [0.3, 0.4) is 0 Å². The number of methoxy groups -OCH3 is 1. The lowest BCUT2D eigenvalue weighted by Crippen LogP contribution is -2.06. The van der Waals surface area contributed by atoms with E-state index in [1.807, 2.05) is 0 Å². The molecule has 0 aliphatic carbocycles. The molecule has 3 nitrogen and oxygen atoms in total. The molecule has 2 rings (SSSR count). The molecule has 1 aromatic heterocycles. The summed E-state index contributed by atoms with van der Waals surface area (Å²) in [5.41, 5.74) is 0.512. The standard InChI is InChI=1S/C13H7Cl3FNO2/c1-20-13(19)7-2-3-10(18-12(7)17)6-4-8(14)11(16)9(15)5-6/h2-5H,1H3. The molecule has 20 heavy (non-hydrogen) atoms. The Balaban J connectivity index is 2.49. The highest BCUT2D eigenvalue weighted by Gasteiger charge is 2.15. The molecule has 1 heterocycles. The number of halogens is 4. The van der Waals surface area contributed by atoms with Crippen LogP contribution in [0.5, 0.6) is 0 Å². The summed E-state index contributed by atoms with van der Waals surface area (Å²) in [5.74, 6) is -1.73. The van der Waals surface area contributed by atoms with E-state index in [0.717, 1.165) is 7.11 Å². The minimum absolute atomic E-state index is 0.212. The number of carbonyl (C=O) groups is 1. The highest BCUT2D eigenvalue weighted by atomic mass is 35.5. The summed E-state index contributed by atoms with van der Waals surface area (Å²) in [5, 5.41) is 0.672. The lowest BCUT2D eigenvalue weighted by Gasteiger charge is -2.06. The van der Waals surface area contributed by atoms with Crippen molar-refractivity contribution in [2.75, 3.05) is 7.11 Å². The number of benzene rings is 1. The molecule has 0 bridgehead atoms. The molecule has 0 saturated carbocycles. The van der Waals surface area contributed by atoms with E-state index >= 15 is 0 Å². The van der Waals surface area contributed by atoms with E-state index in [2.05, 4.69) is 9.72 Å². The third-order valence-electron chi connectivity index (χ3n) is 2.53. The van der Waals surface area contributed by atoms with Gasteiger partial charge in [0.2, 0.25) is 5.95 Å². The lowest BCUT2D eigenvalue weighted by molar-refractivity contribution is 0.0594. The van der Waals surface area contributed by atoms with Crippen molar-refractivity contribution < 1.29 is 13.9 Å². The highest BCUT2D eigenvalue weighted by Crippen LogP contribution is 2.34. The van der Waals surface area contributed by atoms with Gasteiger partial charge in [0.25, 0.3) is 0 Å². The summed E-state index contributed by atoms with van der Waals surface area (Å²) >= 11 is 17.6. The molecule has 0 unspecified atom stereocenters. The topological polar surface area (TPSA) is 39.2 Å². The van der Waals surface area contributed by atoms with E-state index in [0.29, 0.717) is 5.56 Å². The Hall–Kier alpha value is -1.36. The maximum Gasteiger partial charge on any atom is 0.342 e. The Morgan fingerprint density at radius 3 is 2.30 bits per heavy atom. The Kier molecular flexibility index (Phi) is 4.48. The first-order valence-corrected chi connectivity index (χ1v) is 6.47. The van der Waals surface area contributed by atoms with Crippen LogP contribution in [-0.2, 0) is 4.74 Å². The van der Waals surface area contributed by atoms with Gasteiger partial charge < -0.3 is 4.74 Å². The van der Waals surface area contributed by atoms with Crippen LogP contribution in [0.15, 0.2) is 24.3 Å². The van der Waals surface area contributed by atoms with Crippen molar-refractivity contribution in [3.63, 3.8) is 0 Å². The Labute approximate surface area is 129 Å². The third-order valence-corrected chi connectivity index (χ3v) is 3.73. The lowest BCUT2D eigenvalue weighted by atomic mass is 10.1. The summed E-state index contributed by atoms with van der Waals surface area (Å²) in [4.78, 5) is 15.0. The predicted octanol–water partition coefficient (Wildman–Crippen LogP) is 4.63. The van der Waals surface area contributed by atoms with Gasteiger partial charge in [0.05, 0.1) is 27.9 Å². The largest absolute Gasteiger partial charge is 0.465 e. The number of carbonyl (C=O) groups excluding carboxylic acids is 1. The fourth-order valence-corrected chi connectivity index (χ4v) is 2.16. The minimum Gasteiger partial charge on any atom is -0.465 e. The van der Waals surface area contributed by atoms with Crippen molar-refractivity contribution >= 4 is 40.8 Å². The van der Waals surface area contributed by atoms with Gasteiger partial charge in [0.1, 0.15) is 5.56 Å². The van der Waals surface area contributed by atoms with Crippen molar-refractivity contribution in [1.82, 2.24) is 4.98 Å². The Morgan fingerprint density at radius 1 is 1.20 bits per heavy atom. The number of nitrogens with zero attached hydrogens (tertiary/aromatic N) is 1. The molecule has 0 atom stereocenters. The molecule has 0 saturated heterocycles. The van der Waals surface area contributed by atoms with Crippen LogP contribution in [0, 0.1) is 5.95 Å². The SMILES string of the molecule is COC(=O)c1ccc(-c2cc(Cl)c(Cl)c(Cl)c2)nc1F. The van der Waals surface area contributed by atoms with Crippen LogP contribution >= 0.6 is 34.8 Å². The van der Waals surface area contributed by atoms with Crippen LogP contribution in [-0.4, -0.2) is 18.1 Å². The smallest absolute Gasteiger partial charge is 0.342 e. The first kappa shape index (κ1) is 15.0. The zero-order chi connectivity index (χ0) is 14.9. The summed E-state index contributed by atoms with van der Waals surface area (Å²) in [6.07, 6.45) is 0.